The lowest BCUT2D eigenvalue weighted by molar-refractivity contribution is -0.380. The van der Waals surface area contributed by atoms with E-state index in [2.05, 4.69) is 25.3 Å². The molecule has 1 unspecified atom stereocenters. The van der Waals surface area contributed by atoms with Gasteiger partial charge in [-0.1, -0.05) is 38.5 Å². The first kappa shape index (κ1) is 25.6. The summed E-state index contributed by atoms with van der Waals surface area (Å²) in [6.45, 7) is 7.80. The summed E-state index contributed by atoms with van der Waals surface area (Å²) in [5.41, 5.74) is 0. The Morgan fingerprint density at radius 2 is 1.16 bits per heavy atom. The van der Waals surface area contributed by atoms with Gasteiger partial charge in [-0.2, -0.15) is 25.3 Å². The molecule has 3 nitrogen and oxygen atoms in total. The van der Waals surface area contributed by atoms with E-state index in [1.807, 2.05) is 20.8 Å². The molecule has 0 radical (unpaired) electrons. The second kappa shape index (κ2) is 18.0. The van der Waals surface area contributed by atoms with Crippen molar-refractivity contribution >= 4 is 25.3 Å². The van der Waals surface area contributed by atoms with Gasteiger partial charge in [-0.25, -0.2) is 0 Å². The van der Waals surface area contributed by atoms with Crippen molar-refractivity contribution in [3.8, 4) is 0 Å². The number of unbranched alkanes of at least 4 members (excludes halogenated alkanes) is 6. The minimum atomic E-state index is -0.826. The molecule has 152 valence electrons. The molecule has 0 aromatic carbocycles. The predicted molar refractivity (Wildman–Crippen MR) is 115 cm³/mol. The molecular weight excluding hydrogens is 352 g/mol. The lowest BCUT2D eigenvalue weighted by atomic mass is 9.99. The van der Waals surface area contributed by atoms with E-state index < -0.39 is 5.97 Å². The molecule has 0 bridgehead atoms. The van der Waals surface area contributed by atoms with Gasteiger partial charge in [0.15, 0.2) is 0 Å². The highest BCUT2D eigenvalue weighted by molar-refractivity contribution is 7.80. The molecular formula is C20H42O3S2. The third-order valence-electron chi connectivity index (χ3n) is 4.48. The number of rotatable bonds is 19. The van der Waals surface area contributed by atoms with Crippen LogP contribution >= 0.6 is 25.3 Å². The summed E-state index contributed by atoms with van der Waals surface area (Å²) >= 11 is 8.76. The Labute approximate surface area is 167 Å². The van der Waals surface area contributed by atoms with Gasteiger partial charge in [0.05, 0.1) is 0 Å². The standard InChI is InChI=1S/C20H42O3S2/c1-4-21-20(22-5-2,23-6-3)16-13-11-9-7-8-10-12-14-19(18-25)15-17-24/h19,24-25H,4-18H2,1-3H3. The van der Waals surface area contributed by atoms with Crippen molar-refractivity contribution in [1.29, 1.82) is 0 Å². The second-order valence-electron chi connectivity index (χ2n) is 6.56. The zero-order valence-electron chi connectivity index (χ0n) is 16.8. The van der Waals surface area contributed by atoms with Crippen LogP contribution in [0.2, 0.25) is 0 Å². The zero-order chi connectivity index (χ0) is 18.8. The largest absolute Gasteiger partial charge is 0.328 e. The maximum atomic E-state index is 5.77. The van der Waals surface area contributed by atoms with Crippen LogP contribution in [0, 0.1) is 5.92 Å². The third kappa shape index (κ3) is 13.4. The molecule has 0 amide bonds. The van der Waals surface area contributed by atoms with Crippen LogP contribution in [0.1, 0.15) is 85.0 Å². The fourth-order valence-corrected chi connectivity index (χ4v) is 3.90. The van der Waals surface area contributed by atoms with Crippen LogP contribution in [0.3, 0.4) is 0 Å². The lowest BCUT2D eigenvalue weighted by Crippen LogP contribution is -2.39. The Morgan fingerprint density at radius 3 is 1.60 bits per heavy atom. The van der Waals surface area contributed by atoms with E-state index in [0.717, 1.165) is 30.3 Å². The molecule has 0 aliphatic rings. The molecule has 0 saturated carbocycles. The van der Waals surface area contributed by atoms with Crippen molar-refractivity contribution in [2.75, 3.05) is 31.3 Å². The topological polar surface area (TPSA) is 27.7 Å². The van der Waals surface area contributed by atoms with Gasteiger partial charge in [0.2, 0.25) is 0 Å². The summed E-state index contributed by atoms with van der Waals surface area (Å²) < 4.78 is 17.3. The Balaban J connectivity index is 3.75. The molecule has 0 rings (SSSR count). The normalized spacial score (nSPS) is 13.3. The van der Waals surface area contributed by atoms with Gasteiger partial charge in [0.25, 0.3) is 5.97 Å². The SMILES string of the molecule is CCOC(CCCCCCCCCC(CS)CCS)(OCC)OCC. The Morgan fingerprint density at radius 1 is 0.680 bits per heavy atom. The van der Waals surface area contributed by atoms with Gasteiger partial charge in [0, 0.05) is 26.2 Å². The molecule has 0 fully saturated rings. The smallest absolute Gasteiger partial charge is 0.282 e. The van der Waals surface area contributed by atoms with Crippen molar-refractivity contribution < 1.29 is 14.2 Å². The van der Waals surface area contributed by atoms with Gasteiger partial charge < -0.3 is 14.2 Å². The van der Waals surface area contributed by atoms with Crippen LogP contribution in [-0.4, -0.2) is 37.3 Å². The van der Waals surface area contributed by atoms with Crippen molar-refractivity contribution in [3.63, 3.8) is 0 Å². The van der Waals surface area contributed by atoms with Gasteiger partial charge in [-0.05, 0) is 57.5 Å². The van der Waals surface area contributed by atoms with E-state index in [4.69, 9.17) is 14.2 Å². The number of hydrogen-bond donors (Lipinski definition) is 2. The van der Waals surface area contributed by atoms with Crippen LogP contribution in [0.25, 0.3) is 0 Å². The monoisotopic (exact) mass is 394 g/mol. The first-order valence-electron chi connectivity index (χ1n) is 10.3. The van der Waals surface area contributed by atoms with E-state index in [9.17, 15) is 0 Å². The second-order valence-corrected chi connectivity index (χ2v) is 7.37. The van der Waals surface area contributed by atoms with Crippen LogP contribution in [0.4, 0.5) is 0 Å². The van der Waals surface area contributed by atoms with E-state index >= 15 is 0 Å². The molecule has 0 aromatic rings. The average Bonchev–Trinajstić information content (AvgIpc) is 2.60. The van der Waals surface area contributed by atoms with Crippen molar-refractivity contribution in [3.05, 3.63) is 0 Å². The number of hydrogen-bond acceptors (Lipinski definition) is 5. The highest BCUT2D eigenvalue weighted by Gasteiger charge is 2.31. The van der Waals surface area contributed by atoms with Gasteiger partial charge in [-0.15, -0.1) is 0 Å². The quantitative estimate of drug-likeness (QED) is 0.157. The number of ether oxygens (including phenoxy) is 3. The van der Waals surface area contributed by atoms with Crippen LogP contribution < -0.4 is 0 Å². The van der Waals surface area contributed by atoms with E-state index in [1.165, 1.54) is 51.4 Å². The van der Waals surface area contributed by atoms with Crippen molar-refractivity contribution in [2.45, 2.75) is 91.0 Å². The van der Waals surface area contributed by atoms with E-state index in [-0.39, 0.29) is 0 Å². The first-order valence-corrected chi connectivity index (χ1v) is 11.6. The summed E-state index contributed by atoms with van der Waals surface area (Å²) in [7, 11) is 0. The molecule has 25 heavy (non-hydrogen) atoms. The Hall–Kier alpha value is 0.580. The summed E-state index contributed by atoms with van der Waals surface area (Å²) in [6.07, 6.45) is 12.3. The molecule has 0 spiro atoms. The minimum absolute atomic E-state index is 0.612. The first-order chi connectivity index (χ1) is 12.2. The molecule has 0 aromatic heterocycles. The van der Waals surface area contributed by atoms with Crippen LogP contribution in [-0.2, 0) is 14.2 Å². The van der Waals surface area contributed by atoms with Crippen molar-refractivity contribution in [1.82, 2.24) is 0 Å². The van der Waals surface area contributed by atoms with Gasteiger partial charge >= 0.3 is 0 Å². The highest BCUT2D eigenvalue weighted by atomic mass is 32.1. The Bertz CT molecular complexity index is 261. The molecule has 0 aliphatic heterocycles. The lowest BCUT2D eigenvalue weighted by Gasteiger charge is -2.32. The summed E-state index contributed by atoms with van der Waals surface area (Å²) in [5.74, 6) is 1.91. The highest BCUT2D eigenvalue weighted by Crippen LogP contribution is 2.24. The molecule has 0 saturated heterocycles. The fraction of sp³-hybridized carbons (Fsp3) is 1.00. The molecule has 1 atom stereocenters. The molecule has 0 aliphatic carbocycles. The maximum absolute atomic E-state index is 5.77. The predicted octanol–water partition coefficient (Wildman–Crippen LogP) is 6.13. The van der Waals surface area contributed by atoms with Gasteiger partial charge in [0.1, 0.15) is 0 Å². The maximum Gasteiger partial charge on any atom is 0.282 e. The van der Waals surface area contributed by atoms with E-state index in [0.29, 0.717) is 19.8 Å². The number of thiol groups is 2. The van der Waals surface area contributed by atoms with E-state index in [1.54, 1.807) is 0 Å². The Kier molecular flexibility index (Phi) is 18.4. The minimum Gasteiger partial charge on any atom is -0.328 e. The fourth-order valence-electron chi connectivity index (χ4n) is 3.17. The summed E-state index contributed by atoms with van der Waals surface area (Å²) in [6, 6.07) is 0. The average molecular weight is 395 g/mol. The van der Waals surface area contributed by atoms with Crippen LogP contribution in [0.15, 0.2) is 0 Å². The van der Waals surface area contributed by atoms with Crippen molar-refractivity contribution in [2.24, 2.45) is 5.92 Å². The van der Waals surface area contributed by atoms with Crippen LogP contribution in [0.5, 0.6) is 0 Å². The molecule has 0 N–H and O–H groups in total. The molecule has 5 heteroatoms. The zero-order valence-corrected chi connectivity index (χ0v) is 18.6. The molecule has 0 heterocycles. The van der Waals surface area contributed by atoms with Gasteiger partial charge in [-0.3, -0.25) is 0 Å². The summed E-state index contributed by atoms with van der Waals surface area (Å²) in [5, 5.41) is 0. The third-order valence-corrected chi connectivity index (χ3v) is 5.26. The summed E-state index contributed by atoms with van der Waals surface area (Å²) in [4.78, 5) is 0.